The number of ether oxygens (including phenoxy) is 1. The number of rotatable bonds is 5. The van der Waals surface area contributed by atoms with Gasteiger partial charge in [-0.1, -0.05) is 12.1 Å². The number of benzene rings is 1. The highest BCUT2D eigenvalue weighted by molar-refractivity contribution is 5.81. The molecular weight excluding hydrogens is 375 g/mol. The van der Waals surface area contributed by atoms with Crippen LogP contribution < -0.4 is 9.64 Å². The first-order valence-corrected chi connectivity index (χ1v) is 9.39. The van der Waals surface area contributed by atoms with Crippen LogP contribution in [0.2, 0.25) is 0 Å². The monoisotopic (exact) mass is 396 g/mol. The second-order valence-electron chi connectivity index (χ2n) is 6.72. The Bertz CT molecular complexity index is 955. The van der Waals surface area contributed by atoms with Gasteiger partial charge in [0.1, 0.15) is 6.33 Å². The fourth-order valence-corrected chi connectivity index (χ4v) is 3.21. The van der Waals surface area contributed by atoms with Crippen molar-refractivity contribution in [2.45, 2.75) is 13.0 Å². The Hall–Kier alpha value is -3.49. The van der Waals surface area contributed by atoms with Gasteiger partial charge in [0.05, 0.1) is 0 Å². The fraction of sp³-hybridized carbons (Fsp3) is 0.300. The third-order valence-electron chi connectivity index (χ3n) is 4.81. The second kappa shape index (κ2) is 8.26. The van der Waals surface area contributed by atoms with Crippen molar-refractivity contribution in [3.05, 3.63) is 60.9 Å². The molecule has 0 spiro atoms. The molecule has 1 saturated heterocycles. The van der Waals surface area contributed by atoms with E-state index in [9.17, 15) is 9.18 Å². The summed E-state index contributed by atoms with van der Waals surface area (Å²) in [6, 6.07) is 9.87. The highest BCUT2D eigenvalue weighted by Gasteiger charge is 2.27. The van der Waals surface area contributed by atoms with E-state index in [1.807, 2.05) is 12.1 Å². The summed E-state index contributed by atoms with van der Waals surface area (Å²) in [7, 11) is 0. The Morgan fingerprint density at radius 3 is 2.45 bits per heavy atom. The first-order valence-electron chi connectivity index (χ1n) is 9.39. The Labute approximate surface area is 167 Å². The lowest BCUT2D eigenvalue weighted by Gasteiger charge is -2.36. The van der Waals surface area contributed by atoms with Gasteiger partial charge in [-0.05, 0) is 31.2 Å². The standard InChI is InChI=1S/C20H21FN6O2/c1-15(29-17-5-3-2-4-16(17)21)20(28)26-12-10-25(11-13-26)18-6-7-19(24-23-18)27-9-8-22-14-27/h2-9,14-15H,10-13H2,1H3. The number of carbonyl (C=O) groups excluding carboxylic acids is 1. The van der Waals surface area contributed by atoms with E-state index in [-0.39, 0.29) is 11.7 Å². The van der Waals surface area contributed by atoms with E-state index in [2.05, 4.69) is 20.1 Å². The first-order chi connectivity index (χ1) is 14.1. The van der Waals surface area contributed by atoms with Crippen molar-refractivity contribution >= 4 is 11.7 Å². The summed E-state index contributed by atoms with van der Waals surface area (Å²) in [5.74, 6) is 0.903. The molecule has 8 nitrogen and oxygen atoms in total. The number of hydrogen-bond acceptors (Lipinski definition) is 6. The first kappa shape index (κ1) is 18.9. The molecule has 9 heteroatoms. The predicted molar refractivity (Wildman–Crippen MR) is 104 cm³/mol. The minimum Gasteiger partial charge on any atom is -0.478 e. The maximum atomic E-state index is 13.7. The molecule has 3 aromatic rings. The molecule has 1 aliphatic rings. The van der Waals surface area contributed by atoms with Gasteiger partial charge in [0.2, 0.25) is 0 Å². The Balaban J connectivity index is 1.33. The Morgan fingerprint density at radius 2 is 1.79 bits per heavy atom. The molecule has 0 bridgehead atoms. The molecule has 29 heavy (non-hydrogen) atoms. The Morgan fingerprint density at radius 1 is 1.07 bits per heavy atom. The van der Waals surface area contributed by atoms with Crippen molar-refractivity contribution in [1.29, 1.82) is 0 Å². The Kier molecular flexibility index (Phi) is 5.37. The summed E-state index contributed by atoms with van der Waals surface area (Å²) in [4.78, 5) is 20.5. The van der Waals surface area contributed by atoms with E-state index >= 15 is 0 Å². The zero-order valence-electron chi connectivity index (χ0n) is 16.0. The van der Waals surface area contributed by atoms with Crippen molar-refractivity contribution in [2.24, 2.45) is 0 Å². The largest absolute Gasteiger partial charge is 0.478 e. The lowest BCUT2D eigenvalue weighted by molar-refractivity contribution is -0.138. The van der Waals surface area contributed by atoms with E-state index < -0.39 is 11.9 Å². The van der Waals surface area contributed by atoms with Crippen LogP contribution in [0.25, 0.3) is 5.82 Å². The zero-order chi connectivity index (χ0) is 20.2. The molecule has 1 fully saturated rings. The third-order valence-corrected chi connectivity index (χ3v) is 4.81. The summed E-state index contributed by atoms with van der Waals surface area (Å²) >= 11 is 0. The van der Waals surface area contributed by atoms with Gasteiger partial charge in [-0.2, -0.15) is 0 Å². The number of carbonyl (C=O) groups is 1. The number of nitrogens with zero attached hydrogens (tertiary/aromatic N) is 6. The molecule has 150 valence electrons. The van der Waals surface area contributed by atoms with Crippen LogP contribution in [0.15, 0.2) is 55.1 Å². The molecule has 3 heterocycles. The lowest BCUT2D eigenvalue weighted by Crippen LogP contribution is -2.52. The fourth-order valence-electron chi connectivity index (χ4n) is 3.21. The zero-order valence-corrected chi connectivity index (χ0v) is 16.0. The molecule has 0 radical (unpaired) electrons. The van der Waals surface area contributed by atoms with Crippen LogP contribution in [0.1, 0.15) is 6.92 Å². The lowest BCUT2D eigenvalue weighted by atomic mass is 10.2. The van der Waals surface area contributed by atoms with E-state index in [1.165, 1.54) is 12.1 Å². The number of hydrogen-bond donors (Lipinski definition) is 0. The van der Waals surface area contributed by atoms with Gasteiger partial charge >= 0.3 is 0 Å². The minimum atomic E-state index is -0.757. The van der Waals surface area contributed by atoms with Gasteiger partial charge in [0.15, 0.2) is 29.3 Å². The molecule has 4 rings (SSSR count). The quantitative estimate of drug-likeness (QED) is 0.656. The molecule has 1 unspecified atom stereocenters. The minimum absolute atomic E-state index is 0.0836. The second-order valence-corrected chi connectivity index (χ2v) is 6.72. The summed E-state index contributed by atoms with van der Waals surface area (Å²) in [6.07, 6.45) is 4.40. The maximum absolute atomic E-state index is 13.7. The van der Waals surface area contributed by atoms with Crippen LogP contribution in [0, 0.1) is 5.82 Å². The van der Waals surface area contributed by atoms with Gasteiger partial charge < -0.3 is 14.5 Å². The van der Waals surface area contributed by atoms with Crippen molar-refractivity contribution in [1.82, 2.24) is 24.6 Å². The molecule has 0 aliphatic carbocycles. The number of halogens is 1. The molecular formula is C20H21FN6O2. The summed E-state index contributed by atoms with van der Waals surface area (Å²) in [5.41, 5.74) is 0. The van der Waals surface area contributed by atoms with Crippen LogP contribution in [0.5, 0.6) is 5.75 Å². The van der Waals surface area contributed by atoms with Gasteiger partial charge in [0.25, 0.3) is 5.91 Å². The normalized spacial score (nSPS) is 15.2. The van der Waals surface area contributed by atoms with Crippen molar-refractivity contribution in [3.63, 3.8) is 0 Å². The molecule has 1 aliphatic heterocycles. The van der Waals surface area contributed by atoms with E-state index in [4.69, 9.17) is 4.74 Å². The van der Waals surface area contributed by atoms with E-state index in [0.29, 0.717) is 32.0 Å². The smallest absolute Gasteiger partial charge is 0.263 e. The van der Waals surface area contributed by atoms with Crippen molar-refractivity contribution in [2.75, 3.05) is 31.1 Å². The summed E-state index contributed by atoms with van der Waals surface area (Å²) in [5, 5.41) is 8.52. The molecule has 1 atom stereocenters. The van der Waals surface area contributed by atoms with E-state index in [1.54, 1.807) is 47.2 Å². The molecule has 0 N–H and O–H groups in total. The van der Waals surface area contributed by atoms with Crippen molar-refractivity contribution < 1.29 is 13.9 Å². The van der Waals surface area contributed by atoms with Crippen LogP contribution >= 0.6 is 0 Å². The van der Waals surface area contributed by atoms with E-state index in [0.717, 1.165) is 5.82 Å². The molecule has 2 aromatic heterocycles. The maximum Gasteiger partial charge on any atom is 0.263 e. The number of imidazole rings is 1. The molecule has 0 saturated carbocycles. The van der Waals surface area contributed by atoms with Gasteiger partial charge in [-0.3, -0.25) is 9.36 Å². The van der Waals surface area contributed by atoms with Crippen LogP contribution in [0.3, 0.4) is 0 Å². The van der Waals surface area contributed by atoms with Crippen LogP contribution in [-0.4, -0.2) is 62.8 Å². The summed E-state index contributed by atoms with van der Waals surface area (Å²) < 4.78 is 21.0. The number of para-hydroxylation sites is 1. The average Bonchev–Trinajstić information content (AvgIpc) is 3.30. The van der Waals surface area contributed by atoms with Gasteiger partial charge in [0, 0.05) is 38.6 Å². The van der Waals surface area contributed by atoms with Crippen molar-refractivity contribution in [3.8, 4) is 11.6 Å². The average molecular weight is 396 g/mol. The third kappa shape index (κ3) is 4.18. The SMILES string of the molecule is CC(Oc1ccccc1F)C(=O)N1CCN(c2ccc(-n3ccnc3)nn2)CC1. The highest BCUT2D eigenvalue weighted by Crippen LogP contribution is 2.19. The summed E-state index contributed by atoms with van der Waals surface area (Å²) in [6.45, 7) is 3.99. The number of anilines is 1. The van der Waals surface area contributed by atoms with Gasteiger partial charge in [-0.15, -0.1) is 10.2 Å². The van der Waals surface area contributed by atoms with Crippen LogP contribution in [-0.2, 0) is 4.79 Å². The van der Waals surface area contributed by atoms with Gasteiger partial charge in [-0.25, -0.2) is 9.37 Å². The molecule has 1 aromatic carbocycles. The van der Waals surface area contributed by atoms with Crippen LogP contribution in [0.4, 0.5) is 10.2 Å². The number of amides is 1. The topological polar surface area (TPSA) is 76.4 Å². The molecule has 1 amide bonds. The predicted octanol–water partition coefficient (Wildman–Crippen LogP) is 1.92. The number of piperazine rings is 1. The number of aromatic nitrogens is 4. The highest BCUT2D eigenvalue weighted by atomic mass is 19.1.